The first-order chi connectivity index (χ1) is 8.60. The van der Waals surface area contributed by atoms with E-state index in [2.05, 4.69) is 25.9 Å². The highest BCUT2D eigenvalue weighted by atomic mass is 79.9. The second kappa shape index (κ2) is 5.46. The first kappa shape index (κ1) is 13.0. The molecule has 1 aromatic carbocycles. The number of halogens is 1. The van der Waals surface area contributed by atoms with Crippen LogP contribution < -0.4 is 10.5 Å². The molecule has 5 heteroatoms. The molecule has 0 spiro atoms. The quantitative estimate of drug-likeness (QED) is 0.946. The van der Waals surface area contributed by atoms with E-state index in [1.54, 1.807) is 12.4 Å². The summed E-state index contributed by atoms with van der Waals surface area (Å²) in [4.78, 5) is 8.19. The Bertz CT molecular complexity index is 532. The van der Waals surface area contributed by atoms with Crippen LogP contribution in [-0.2, 0) is 6.54 Å². The molecule has 94 valence electrons. The second-order valence-corrected chi connectivity index (χ2v) is 4.96. The number of hydrogen-bond acceptors (Lipinski definition) is 4. The molecular weight excluding hydrogens is 294 g/mol. The van der Waals surface area contributed by atoms with E-state index in [0.717, 1.165) is 26.9 Å². The van der Waals surface area contributed by atoms with E-state index in [1.807, 2.05) is 26.0 Å². The van der Waals surface area contributed by atoms with Crippen molar-refractivity contribution in [2.24, 2.45) is 5.73 Å². The van der Waals surface area contributed by atoms with Crippen molar-refractivity contribution in [3.05, 3.63) is 45.7 Å². The molecule has 4 nitrogen and oxygen atoms in total. The number of benzene rings is 1. The lowest BCUT2D eigenvalue weighted by Gasteiger charge is -2.11. The van der Waals surface area contributed by atoms with Crippen molar-refractivity contribution in [2.75, 3.05) is 0 Å². The summed E-state index contributed by atoms with van der Waals surface area (Å²) in [5.74, 6) is 0.787. The van der Waals surface area contributed by atoms with Crippen molar-refractivity contribution in [1.82, 2.24) is 9.97 Å². The average Bonchev–Trinajstić information content (AvgIpc) is 2.35. The van der Waals surface area contributed by atoms with Gasteiger partial charge in [0.2, 0.25) is 0 Å². The number of nitrogens with zero attached hydrogens (tertiary/aromatic N) is 2. The maximum Gasteiger partial charge on any atom is 0.321 e. The van der Waals surface area contributed by atoms with E-state index >= 15 is 0 Å². The van der Waals surface area contributed by atoms with Crippen LogP contribution in [-0.4, -0.2) is 9.97 Å². The average molecular weight is 308 g/mol. The molecule has 0 radical (unpaired) electrons. The van der Waals surface area contributed by atoms with Crippen LogP contribution in [0.5, 0.6) is 11.8 Å². The normalized spacial score (nSPS) is 10.4. The van der Waals surface area contributed by atoms with E-state index in [1.165, 1.54) is 0 Å². The molecule has 0 saturated heterocycles. The monoisotopic (exact) mass is 307 g/mol. The van der Waals surface area contributed by atoms with Gasteiger partial charge in [0, 0.05) is 18.9 Å². The zero-order valence-corrected chi connectivity index (χ0v) is 11.9. The molecule has 0 fully saturated rings. The molecule has 0 atom stereocenters. The summed E-state index contributed by atoms with van der Waals surface area (Å²) in [5, 5.41) is 0. The molecule has 2 rings (SSSR count). The smallest absolute Gasteiger partial charge is 0.321 e. The maximum atomic E-state index is 5.71. The lowest BCUT2D eigenvalue weighted by Crippen LogP contribution is -2.00. The van der Waals surface area contributed by atoms with E-state index in [0.29, 0.717) is 12.6 Å². The summed E-state index contributed by atoms with van der Waals surface area (Å²) >= 11 is 3.28. The molecule has 0 unspecified atom stereocenters. The number of nitrogens with two attached hydrogens (primary N) is 1. The van der Waals surface area contributed by atoms with Gasteiger partial charge in [0.1, 0.15) is 5.75 Å². The van der Waals surface area contributed by atoms with Crippen molar-refractivity contribution < 1.29 is 4.74 Å². The molecule has 0 bridgehead atoms. The Labute approximate surface area is 114 Å². The van der Waals surface area contributed by atoms with Gasteiger partial charge in [-0.1, -0.05) is 12.1 Å². The number of rotatable bonds is 3. The summed E-state index contributed by atoms with van der Waals surface area (Å²) < 4.78 is 6.53. The fraction of sp³-hybridized carbons (Fsp3) is 0.231. The summed E-state index contributed by atoms with van der Waals surface area (Å²) in [6, 6.07) is 4.37. The first-order valence-corrected chi connectivity index (χ1v) is 6.35. The van der Waals surface area contributed by atoms with E-state index < -0.39 is 0 Å². The Balaban J connectivity index is 2.31. The molecule has 2 N–H and O–H groups in total. The third kappa shape index (κ3) is 2.86. The minimum absolute atomic E-state index is 0.338. The Kier molecular flexibility index (Phi) is 3.93. The van der Waals surface area contributed by atoms with Crippen molar-refractivity contribution >= 4 is 15.9 Å². The van der Waals surface area contributed by atoms with Crippen LogP contribution >= 0.6 is 15.9 Å². The lowest BCUT2D eigenvalue weighted by molar-refractivity contribution is 0.435. The minimum Gasteiger partial charge on any atom is -0.424 e. The number of aryl methyl sites for hydroxylation is 2. The Morgan fingerprint density at radius 3 is 2.22 bits per heavy atom. The van der Waals surface area contributed by atoms with Crippen molar-refractivity contribution in [2.45, 2.75) is 20.4 Å². The van der Waals surface area contributed by atoms with Gasteiger partial charge in [0.15, 0.2) is 0 Å². The van der Waals surface area contributed by atoms with Crippen LogP contribution in [0.25, 0.3) is 0 Å². The molecule has 0 saturated carbocycles. The van der Waals surface area contributed by atoms with Gasteiger partial charge in [-0.15, -0.1) is 0 Å². The minimum atomic E-state index is 0.338. The van der Waals surface area contributed by atoms with Gasteiger partial charge in [0.25, 0.3) is 0 Å². The van der Waals surface area contributed by atoms with Crippen molar-refractivity contribution in [3.63, 3.8) is 0 Å². The predicted octanol–water partition coefficient (Wildman–Crippen LogP) is 3.11. The number of ether oxygens (including phenoxy) is 1. The fourth-order valence-corrected chi connectivity index (χ4v) is 1.97. The molecule has 0 amide bonds. The molecule has 0 aliphatic carbocycles. The van der Waals surface area contributed by atoms with Gasteiger partial charge < -0.3 is 10.5 Å². The fourth-order valence-electron chi connectivity index (χ4n) is 1.76. The summed E-state index contributed by atoms with van der Waals surface area (Å²) in [6.07, 6.45) is 3.31. The van der Waals surface area contributed by atoms with Gasteiger partial charge >= 0.3 is 6.01 Å². The third-order valence-electron chi connectivity index (χ3n) is 2.55. The lowest BCUT2D eigenvalue weighted by atomic mass is 10.1. The van der Waals surface area contributed by atoms with Crippen LogP contribution in [0.2, 0.25) is 0 Å². The highest BCUT2D eigenvalue weighted by Gasteiger charge is 2.08. The predicted molar refractivity (Wildman–Crippen MR) is 73.6 cm³/mol. The first-order valence-electron chi connectivity index (χ1n) is 5.55. The van der Waals surface area contributed by atoms with Crippen molar-refractivity contribution in [3.8, 4) is 11.8 Å². The molecule has 0 aliphatic heterocycles. The van der Waals surface area contributed by atoms with Gasteiger partial charge in [-0.2, -0.15) is 0 Å². The molecular formula is C13H14BrN3O. The zero-order chi connectivity index (χ0) is 13.1. The molecule has 0 aliphatic rings. The van der Waals surface area contributed by atoms with Gasteiger partial charge in [-0.25, -0.2) is 9.97 Å². The number of hydrogen-bond donors (Lipinski definition) is 1. The van der Waals surface area contributed by atoms with E-state index in [4.69, 9.17) is 10.5 Å². The summed E-state index contributed by atoms with van der Waals surface area (Å²) in [7, 11) is 0. The molecule has 18 heavy (non-hydrogen) atoms. The summed E-state index contributed by atoms with van der Waals surface area (Å²) in [5.41, 5.74) is 8.79. The van der Waals surface area contributed by atoms with Crippen LogP contribution in [0, 0.1) is 13.8 Å². The number of aromatic nitrogens is 2. The molecule has 1 aromatic heterocycles. The van der Waals surface area contributed by atoms with Crippen molar-refractivity contribution in [1.29, 1.82) is 0 Å². The molecule has 2 aromatic rings. The Morgan fingerprint density at radius 1 is 1.17 bits per heavy atom. The van der Waals surface area contributed by atoms with Crippen LogP contribution in [0.3, 0.4) is 0 Å². The van der Waals surface area contributed by atoms with E-state index in [9.17, 15) is 0 Å². The SMILES string of the molecule is Cc1cc(CN)cc(C)c1Oc1ncc(Br)cn1. The Hall–Kier alpha value is -1.46. The van der Waals surface area contributed by atoms with Gasteiger partial charge in [-0.3, -0.25) is 0 Å². The maximum absolute atomic E-state index is 5.71. The van der Waals surface area contributed by atoms with Crippen LogP contribution in [0.15, 0.2) is 29.0 Å². The van der Waals surface area contributed by atoms with Gasteiger partial charge in [-0.05, 0) is 46.5 Å². The highest BCUT2D eigenvalue weighted by Crippen LogP contribution is 2.28. The summed E-state index contributed by atoms with van der Waals surface area (Å²) in [6.45, 7) is 4.50. The topological polar surface area (TPSA) is 61.0 Å². The largest absolute Gasteiger partial charge is 0.424 e. The Morgan fingerprint density at radius 2 is 1.72 bits per heavy atom. The third-order valence-corrected chi connectivity index (χ3v) is 2.96. The molecule has 1 heterocycles. The standard InChI is InChI=1S/C13H14BrN3O/c1-8-3-10(5-15)4-9(2)12(8)18-13-16-6-11(14)7-17-13/h3-4,6-7H,5,15H2,1-2H3. The second-order valence-electron chi connectivity index (χ2n) is 4.05. The zero-order valence-electron chi connectivity index (χ0n) is 10.3. The highest BCUT2D eigenvalue weighted by molar-refractivity contribution is 9.10. The van der Waals surface area contributed by atoms with Crippen LogP contribution in [0.4, 0.5) is 0 Å². The van der Waals surface area contributed by atoms with Crippen LogP contribution in [0.1, 0.15) is 16.7 Å². The van der Waals surface area contributed by atoms with E-state index in [-0.39, 0.29) is 0 Å². The van der Waals surface area contributed by atoms with Gasteiger partial charge in [0.05, 0.1) is 4.47 Å².